The van der Waals surface area contributed by atoms with Gasteiger partial charge >= 0.3 is 10.2 Å². The molecule has 3 rings (SSSR count). The summed E-state index contributed by atoms with van der Waals surface area (Å²) in [5, 5.41) is 13.4. The number of aromatic hydroxyl groups is 1. The number of amides is 1. The summed E-state index contributed by atoms with van der Waals surface area (Å²) in [6.07, 6.45) is 1.94. The first-order valence-corrected chi connectivity index (χ1v) is 10.3. The summed E-state index contributed by atoms with van der Waals surface area (Å²) in [6, 6.07) is -0.0718. The van der Waals surface area contributed by atoms with Gasteiger partial charge in [-0.3, -0.25) is 4.79 Å². The molecule has 1 aromatic rings. The van der Waals surface area contributed by atoms with Gasteiger partial charge in [-0.25, -0.2) is 17.8 Å². The molecule has 1 amide bonds. The summed E-state index contributed by atoms with van der Waals surface area (Å²) in [4.78, 5) is 11.4. The van der Waals surface area contributed by atoms with Crippen LogP contribution < -0.4 is 14.3 Å². The topological polar surface area (TPSA) is 98.7 Å². The summed E-state index contributed by atoms with van der Waals surface area (Å²) >= 11 is 0. The second kappa shape index (κ2) is 7.23. The van der Waals surface area contributed by atoms with Crippen LogP contribution in [0.15, 0.2) is 0 Å². The van der Waals surface area contributed by atoms with Crippen molar-refractivity contribution < 1.29 is 27.1 Å². The van der Waals surface area contributed by atoms with E-state index in [9.17, 15) is 22.7 Å². The Bertz CT molecular complexity index is 874. The van der Waals surface area contributed by atoms with Crippen molar-refractivity contribution in [3.63, 3.8) is 0 Å². The molecule has 1 atom stereocenters. The van der Waals surface area contributed by atoms with Gasteiger partial charge in [0.25, 0.3) is 5.91 Å². The van der Waals surface area contributed by atoms with Gasteiger partial charge in [0.2, 0.25) is 0 Å². The number of nitrogens with zero attached hydrogens (tertiary/aromatic N) is 1. The summed E-state index contributed by atoms with van der Waals surface area (Å²) < 4.78 is 55.9. The second-order valence-electron chi connectivity index (χ2n) is 7.40. The Labute approximate surface area is 156 Å². The molecule has 0 bridgehead atoms. The Morgan fingerprint density at radius 1 is 1.30 bits per heavy atom. The average molecular weight is 403 g/mol. The summed E-state index contributed by atoms with van der Waals surface area (Å²) in [5.74, 6) is -3.48. The number of hydrogen-bond acceptors (Lipinski definition) is 5. The minimum Gasteiger partial charge on any atom is -0.503 e. The molecule has 7 nitrogen and oxygen atoms in total. The molecule has 0 radical (unpaired) electrons. The highest BCUT2D eigenvalue weighted by atomic mass is 32.2. The molecule has 0 aromatic heterocycles. The number of hydrogen-bond donors (Lipinski definition) is 3. The molecule has 0 saturated carbocycles. The molecule has 1 fully saturated rings. The highest BCUT2D eigenvalue weighted by Crippen LogP contribution is 2.42. The van der Waals surface area contributed by atoms with Gasteiger partial charge in [0.15, 0.2) is 17.4 Å². The van der Waals surface area contributed by atoms with E-state index in [-0.39, 0.29) is 30.0 Å². The lowest BCUT2D eigenvalue weighted by Gasteiger charge is -2.29. The number of halogens is 2. The second-order valence-corrected chi connectivity index (χ2v) is 8.99. The van der Waals surface area contributed by atoms with E-state index < -0.39 is 45.7 Å². The van der Waals surface area contributed by atoms with Crippen molar-refractivity contribution in [1.29, 1.82) is 0 Å². The average Bonchev–Trinajstić information content (AvgIpc) is 2.85. The Hall–Kier alpha value is -1.94. The smallest absolute Gasteiger partial charge is 0.326 e. The van der Waals surface area contributed by atoms with Crippen LogP contribution in [0.3, 0.4) is 0 Å². The van der Waals surface area contributed by atoms with Gasteiger partial charge in [0.1, 0.15) is 12.2 Å². The van der Waals surface area contributed by atoms with E-state index in [0.29, 0.717) is 16.6 Å². The highest BCUT2D eigenvalue weighted by molar-refractivity contribution is 7.92. The number of nitrogens with one attached hydrogen (secondary N) is 2. The predicted octanol–water partition coefficient (Wildman–Crippen LogP) is 1.34. The van der Waals surface area contributed by atoms with Crippen LogP contribution in [0.2, 0.25) is 0 Å². The first kappa shape index (κ1) is 19.8. The van der Waals surface area contributed by atoms with E-state index in [1.54, 1.807) is 4.72 Å². The van der Waals surface area contributed by atoms with Gasteiger partial charge in [-0.1, -0.05) is 13.8 Å². The Morgan fingerprint density at radius 2 is 2.00 bits per heavy atom. The van der Waals surface area contributed by atoms with Gasteiger partial charge in [0, 0.05) is 6.04 Å². The number of benzene rings is 1. The Kier molecular flexibility index (Phi) is 5.31. The lowest BCUT2D eigenvalue weighted by Crippen LogP contribution is -2.37. The first-order valence-electron chi connectivity index (χ1n) is 8.90. The standard InChI is InChI=1S/C17H23F2N3O4S/c1-9(2)5-6-20-10-3-4-11-12(7-10)14(18)16(17(24)15(11)19)22-8-13(23)21-27(22,25)26/h9-10,20,24H,3-8H2,1-2H3,(H,21,23)/t10-/m1/s1. The number of phenols is 1. The van der Waals surface area contributed by atoms with E-state index in [1.807, 2.05) is 0 Å². The molecule has 1 aliphatic heterocycles. The maximum absolute atomic E-state index is 15.1. The molecule has 3 N–H and O–H groups in total. The van der Waals surface area contributed by atoms with Crippen molar-refractivity contribution in [3.8, 4) is 5.75 Å². The number of phenolic OH excluding ortho intramolecular Hbond substituents is 1. The van der Waals surface area contributed by atoms with Crippen LogP contribution in [0.5, 0.6) is 5.75 Å². The minimum absolute atomic E-state index is 0.0446. The van der Waals surface area contributed by atoms with E-state index >= 15 is 4.39 Å². The van der Waals surface area contributed by atoms with Gasteiger partial charge in [-0.2, -0.15) is 8.42 Å². The zero-order valence-electron chi connectivity index (χ0n) is 15.2. The maximum Gasteiger partial charge on any atom is 0.326 e. The third kappa shape index (κ3) is 3.73. The summed E-state index contributed by atoms with van der Waals surface area (Å²) in [6.45, 7) is 4.22. The summed E-state index contributed by atoms with van der Waals surface area (Å²) in [5.41, 5.74) is -0.706. The van der Waals surface area contributed by atoms with Crippen molar-refractivity contribution in [3.05, 3.63) is 22.8 Å². The highest BCUT2D eigenvalue weighted by Gasteiger charge is 2.40. The van der Waals surface area contributed by atoms with Crippen molar-refractivity contribution in [1.82, 2.24) is 10.0 Å². The van der Waals surface area contributed by atoms with Gasteiger partial charge in [-0.05, 0) is 49.3 Å². The molecule has 150 valence electrons. The molecular weight excluding hydrogens is 380 g/mol. The zero-order valence-corrected chi connectivity index (χ0v) is 16.0. The van der Waals surface area contributed by atoms with E-state index in [4.69, 9.17) is 0 Å². The number of rotatable bonds is 5. The van der Waals surface area contributed by atoms with Crippen molar-refractivity contribution in [2.75, 3.05) is 17.4 Å². The molecule has 0 unspecified atom stereocenters. The third-order valence-corrected chi connectivity index (χ3v) is 6.33. The minimum atomic E-state index is -4.36. The molecule has 10 heteroatoms. The van der Waals surface area contributed by atoms with Crippen LogP contribution in [0.1, 0.15) is 37.8 Å². The maximum atomic E-state index is 15.1. The lowest BCUT2D eigenvalue weighted by atomic mass is 9.86. The van der Waals surface area contributed by atoms with Crippen LogP contribution >= 0.6 is 0 Å². The van der Waals surface area contributed by atoms with E-state index in [0.717, 1.165) is 13.0 Å². The van der Waals surface area contributed by atoms with Gasteiger partial charge < -0.3 is 10.4 Å². The van der Waals surface area contributed by atoms with Crippen LogP contribution in [-0.4, -0.2) is 38.6 Å². The van der Waals surface area contributed by atoms with Crippen LogP contribution in [0.25, 0.3) is 0 Å². The number of anilines is 1. The van der Waals surface area contributed by atoms with E-state index in [1.165, 1.54) is 0 Å². The SMILES string of the molecule is CC(C)CCN[C@@H]1CCc2c(F)c(O)c(N3CC(=O)NS3(=O)=O)c(F)c2C1. The zero-order chi connectivity index (χ0) is 19.9. The molecule has 1 heterocycles. The number of fused-ring (bicyclic) bond motifs is 1. The molecule has 1 saturated heterocycles. The monoisotopic (exact) mass is 403 g/mol. The fourth-order valence-corrected chi connectivity index (χ4v) is 4.68. The Morgan fingerprint density at radius 3 is 2.59 bits per heavy atom. The van der Waals surface area contributed by atoms with Crippen LogP contribution in [0, 0.1) is 17.6 Å². The van der Waals surface area contributed by atoms with Crippen LogP contribution in [-0.2, 0) is 27.8 Å². The molecule has 27 heavy (non-hydrogen) atoms. The Balaban J connectivity index is 1.95. The number of carbonyl (C=O) groups excluding carboxylic acids is 1. The van der Waals surface area contributed by atoms with Crippen LogP contribution in [0.4, 0.5) is 14.5 Å². The molecule has 0 spiro atoms. The largest absolute Gasteiger partial charge is 0.503 e. The first-order chi connectivity index (χ1) is 12.6. The van der Waals surface area contributed by atoms with Crippen molar-refractivity contribution in [2.45, 2.75) is 45.6 Å². The summed E-state index contributed by atoms with van der Waals surface area (Å²) in [7, 11) is -4.36. The lowest BCUT2D eigenvalue weighted by molar-refractivity contribution is -0.117. The predicted molar refractivity (Wildman–Crippen MR) is 95.7 cm³/mol. The molecule has 1 aromatic carbocycles. The molecule has 2 aliphatic rings. The fourth-order valence-electron chi connectivity index (χ4n) is 3.52. The fraction of sp³-hybridized carbons (Fsp3) is 0.588. The van der Waals surface area contributed by atoms with Crippen molar-refractivity contribution in [2.24, 2.45) is 5.92 Å². The quantitative estimate of drug-likeness (QED) is 0.689. The van der Waals surface area contributed by atoms with Gasteiger partial charge in [-0.15, -0.1) is 0 Å². The normalized spacial score (nSPS) is 21.4. The molecule has 1 aliphatic carbocycles. The van der Waals surface area contributed by atoms with Crippen molar-refractivity contribution >= 4 is 21.8 Å². The van der Waals surface area contributed by atoms with Gasteiger partial charge in [0.05, 0.1) is 0 Å². The number of carbonyl (C=O) groups is 1. The third-order valence-electron chi connectivity index (χ3n) is 4.95. The molecular formula is C17H23F2N3O4S. The van der Waals surface area contributed by atoms with E-state index in [2.05, 4.69) is 19.2 Å².